The first-order valence-corrected chi connectivity index (χ1v) is 21.3. The molecule has 2 fully saturated rings. The van der Waals surface area contributed by atoms with Crippen LogP contribution in [0, 0.1) is 5.41 Å². The number of aromatic nitrogens is 4. The number of unbranched alkanes of at least 4 members (excludes halogenated alkanes) is 3. The molecule has 1 atom stereocenters. The number of likely N-dealkylation sites (tertiary alicyclic amines) is 2. The summed E-state index contributed by atoms with van der Waals surface area (Å²) in [7, 11) is 1.65. The average molecular weight is 828 g/mol. The maximum absolute atomic E-state index is 13.1. The van der Waals surface area contributed by atoms with Gasteiger partial charge >= 0.3 is 17.7 Å². The average Bonchev–Trinajstić information content (AvgIpc) is 3.56. The van der Waals surface area contributed by atoms with Crippen LogP contribution in [0.2, 0.25) is 0 Å². The fourth-order valence-electron chi connectivity index (χ4n) is 8.11. The molecule has 2 aliphatic heterocycles. The first kappa shape index (κ1) is 44.1. The highest BCUT2D eigenvalue weighted by Crippen LogP contribution is 2.42. The van der Waals surface area contributed by atoms with Crippen LogP contribution in [0.4, 0.5) is 5.82 Å². The number of carboxylic acid groups (broad SMARTS) is 1. The Kier molecular flexibility index (Phi) is 15.2. The number of rotatable bonds is 20. The van der Waals surface area contributed by atoms with Gasteiger partial charge in [-0.15, -0.1) is 0 Å². The number of fused-ring (bicyclic) bond motifs is 1. The number of carbonyl (C=O) groups excluding carboxylic acids is 1. The SMILES string of the molecule is CCCCOc1nc(N)c2[nH]c(=O)n(Cc3ccc(CN4CCC5(CC4)CCN(C(=O)CCCCCON=C(C)c4ccc(C[C@H](N)C(=O)O)cc4)CC5)cc3OC)c2n1. The second kappa shape index (κ2) is 20.7. The third-order valence-corrected chi connectivity index (χ3v) is 12.0. The zero-order valence-corrected chi connectivity index (χ0v) is 35.3. The Hall–Kier alpha value is -5.48. The van der Waals surface area contributed by atoms with Crippen LogP contribution in [0.1, 0.15) is 100 Å². The maximum atomic E-state index is 13.1. The van der Waals surface area contributed by atoms with E-state index in [4.69, 9.17) is 30.9 Å². The van der Waals surface area contributed by atoms with E-state index in [0.29, 0.717) is 42.0 Å². The number of aliphatic carboxylic acids is 1. The zero-order valence-electron chi connectivity index (χ0n) is 35.3. The van der Waals surface area contributed by atoms with Gasteiger partial charge in [-0.2, -0.15) is 9.97 Å². The number of nitrogens with one attached hydrogen (secondary N) is 1. The minimum Gasteiger partial charge on any atom is -0.496 e. The van der Waals surface area contributed by atoms with Crippen LogP contribution < -0.4 is 26.6 Å². The predicted octanol–water partition coefficient (Wildman–Crippen LogP) is 5.10. The van der Waals surface area contributed by atoms with Gasteiger partial charge in [0.2, 0.25) is 5.91 Å². The molecule has 324 valence electrons. The number of ether oxygens (including phenoxy) is 2. The van der Waals surface area contributed by atoms with Crippen molar-refractivity contribution in [3.63, 3.8) is 0 Å². The topological polar surface area (TPSA) is 217 Å². The van der Waals surface area contributed by atoms with Crippen molar-refractivity contribution in [3.05, 3.63) is 75.2 Å². The predicted molar refractivity (Wildman–Crippen MR) is 230 cm³/mol. The van der Waals surface area contributed by atoms with E-state index in [1.54, 1.807) is 7.11 Å². The summed E-state index contributed by atoms with van der Waals surface area (Å²) in [6, 6.07) is 12.9. The number of methoxy groups -OCH3 is 1. The Morgan fingerprint density at radius 2 is 1.67 bits per heavy atom. The molecule has 0 unspecified atom stereocenters. The second-order valence-corrected chi connectivity index (χ2v) is 16.3. The number of hydrogen-bond acceptors (Lipinski definition) is 12. The normalized spacial score (nSPS) is 16.3. The third kappa shape index (κ3) is 11.4. The Morgan fingerprint density at radius 3 is 2.37 bits per heavy atom. The van der Waals surface area contributed by atoms with Crippen molar-refractivity contribution in [1.82, 2.24) is 29.3 Å². The highest BCUT2D eigenvalue weighted by molar-refractivity contribution is 5.98. The summed E-state index contributed by atoms with van der Waals surface area (Å²) in [4.78, 5) is 58.7. The van der Waals surface area contributed by atoms with E-state index in [1.807, 2.05) is 37.3 Å². The van der Waals surface area contributed by atoms with Gasteiger partial charge in [0.05, 0.1) is 26.0 Å². The molecule has 16 nitrogen and oxygen atoms in total. The molecule has 0 saturated carbocycles. The molecule has 2 saturated heterocycles. The molecule has 1 amide bonds. The van der Waals surface area contributed by atoms with Crippen LogP contribution in [0.5, 0.6) is 11.8 Å². The molecule has 0 radical (unpaired) electrons. The first-order chi connectivity index (χ1) is 29.0. The van der Waals surface area contributed by atoms with Gasteiger partial charge < -0.3 is 40.8 Å². The van der Waals surface area contributed by atoms with Crippen LogP contribution in [0.3, 0.4) is 0 Å². The van der Waals surface area contributed by atoms with E-state index in [-0.39, 0.29) is 36.4 Å². The molecule has 60 heavy (non-hydrogen) atoms. The van der Waals surface area contributed by atoms with Crippen LogP contribution in [-0.4, -0.2) is 105 Å². The van der Waals surface area contributed by atoms with Crippen molar-refractivity contribution < 1.29 is 29.0 Å². The molecule has 16 heteroatoms. The number of benzene rings is 2. The number of anilines is 1. The third-order valence-electron chi connectivity index (χ3n) is 12.0. The largest absolute Gasteiger partial charge is 0.496 e. The Morgan fingerprint density at radius 1 is 0.950 bits per heavy atom. The summed E-state index contributed by atoms with van der Waals surface area (Å²) >= 11 is 0. The standard InChI is InChI=1S/C44H61N9O7/c1-4-5-24-59-42-48-39(46)38-40(49-42)53(43(57)47-38)29-34-15-12-32(27-36(34)58-3)28-51-20-16-44(17-21-51)18-22-52(23-19-44)37(54)9-7-6-8-25-60-50-30(2)33-13-10-31(11-14-33)26-35(45)41(55)56/h10-15,27,35H,4-9,16-26,28-29,45H2,1-3H3,(H,47,57)(H,55,56)(H2,46,48,49)/t35-/m0/s1. The number of hydrogen-bond donors (Lipinski definition) is 4. The smallest absolute Gasteiger partial charge is 0.328 e. The van der Waals surface area contributed by atoms with E-state index in [2.05, 4.69) is 49.0 Å². The zero-order chi connectivity index (χ0) is 42.6. The van der Waals surface area contributed by atoms with Crippen molar-refractivity contribution >= 4 is 34.6 Å². The van der Waals surface area contributed by atoms with Crippen LogP contribution >= 0.6 is 0 Å². The van der Waals surface area contributed by atoms with Gasteiger partial charge in [0.25, 0.3) is 0 Å². The Bertz CT molecular complexity index is 2150. The molecule has 2 aliphatic rings. The van der Waals surface area contributed by atoms with Crippen LogP contribution in [-0.2, 0) is 33.9 Å². The van der Waals surface area contributed by atoms with E-state index in [9.17, 15) is 14.4 Å². The number of nitrogen functional groups attached to an aromatic ring is 1. The quantitative estimate of drug-likeness (QED) is 0.0520. The fraction of sp³-hybridized carbons (Fsp3) is 0.545. The molecular formula is C44H61N9O7. The molecule has 6 N–H and O–H groups in total. The highest BCUT2D eigenvalue weighted by atomic mass is 16.6. The molecule has 6 rings (SSSR count). The summed E-state index contributed by atoms with van der Waals surface area (Å²) in [5.41, 5.74) is 17.0. The lowest BCUT2D eigenvalue weighted by atomic mass is 9.71. The van der Waals surface area contributed by atoms with Gasteiger partial charge in [0, 0.05) is 31.6 Å². The number of H-pyrrole nitrogens is 1. The van der Waals surface area contributed by atoms with Crippen molar-refractivity contribution in [2.45, 2.75) is 104 Å². The second-order valence-electron chi connectivity index (χ2n) is 16.3. The minimum absolute atomic E-state index is 0.153. The molecule has 4 aromatic rings. The molecule has 0 bridgehead atoms. The summed E-state index contributed by atoms with van der Waals surface area (Å²) in [6.45, 7) is 9.63. The van der Waals surface area contributed by atoms with Crippen molar-refractivity contribution in [1.29, 1.82) is 0 Å². The number of carbonyl (C=O) groups is 2. The van der Waals surface area contributed by atoms with Gasteiger partial charge in [-0.1, -0.05) is 54.9 Å². The van der Waals surface area contributed by atoms with Gasteiger partial charge in [0.1, 0.15) is 23.9 Å². The van der Waals surface area contributed by atoms with Gasteiger partial charge in [-0.05, 0) is 106 Å². The van der Waals surface area contributed by atoms with Crippen LogP contribution in [0.25, 0.3) is 11.2 Å². The summed E-state index contributed by atoms with van der Waals surface area (Å²) < 4.78 is 13.0. The molecule has 1 spiro atoms. The van der Waals surface area contributed by atoms with Gasteiger partial charge in [-0.3, -0.25) is 19.1 Å². The van der Waals surface area contributed by atoms with E-state index in [1.165, 1.54) is 4.57 Å². The Labute approximate surface area is 351 Å². The van der Waals surface area contributed by atoms with E-state index in [0.717, 1.165) is 118 Å². The van der Waals surface area contributed by atoms with Crippen LogP contribution in [0.15, 0.2) is 52.4 Å². The maximum Gasteiger partial charge on any atom is 0.328 e. The monoisotopic (exact) mass is 827 g/mol. The number of imidazole rings is 1. The van der Waals surface area contributed by atoms with E-state index >= 15 is 0 Å². The number of aromatic amines is 1. The molecule has 2 aromatic heterocycles. The molecule has 4 heterocycles. The van der Waals surface area contributed by atoms with Crippen molar-refractivity contribution in [2.24, 2.45) is 16.3 Å². The number of nitrogens with two attached hydrogens (primary N) is 2. The summed E-state index contributed by atoms with van der Waals surface area (Å²) in [5, 5.41) is 13.2. The van der Waals surface area contributed by atoms with Gasteiger partial charge in [-0.25, -0.2) is 4.79 Å². The minimum atomic E-state index is -1.02. The van der Waals surface area contributed by atoms with E-state index < -0.39 is 12.0 Å². The number of amides is 1. The number of oxime groups is 1. The van der Waals surface area contributed by atoms with Crippen molar-refractivity contribution in [2.75, 3.05) is 52.2 Å². The highest BCUT2D eigenvalue weighted by Gasteiger charge is 2.38. The number of carboxylic acids is 1. The summed E-state index contributed by atoms with van der Waals surface area (Å²) in [5.74, 6) is 0.101. The molecule has 0 aliphatic carbocycles. The lowest BCUT2D eigenvalue weighted by Gasteiger charge is -2.47. The summed E-state index contributed by atoms with van der Waals surface area (Å²) in [6.07, 6.45) is 9.55. The van der Waals surface area contributed by atoms with Crippen molar-refractivity contribution in [3.8, 4) is 11.8 Å². The number of piperidine rings is 2. The molecular weight excluding hydrogens is 767 g/mol. The lowest BCUT2D eigenvalue weighted by Crippen LogP contribution is -2.48. The first-order valence-electron chi connectivity index (χ1n) is 21.3. The lowest BCUT2D eigenvalue weighted by molar-refractivity contribution is -0.138. The molecule has 2 aromatic carbocycles. The van der Waals surface area contributed by atoms with Gasteiger partial charge in [0.15, 0.2) is 11.5 Å². The Balaban J connectivity index is 0.893. The number of nitrogens with zero attached hydrogens (tertiary/aromatic N) is 6. The fourth-order valence-corrected chi connectivity index (χ4v) is 8.11.